The zero-order chi connectivity index (χ0) is 11.6. The lowest BCUT2D eigenvalue weighted by atomic mass is 9.87. The summed E-state index contributed by atoms with van der Waals surface area (Å²) in [6.07, 6.45) is 15.8. The van der Waals surface area contributed by atoms with Crippen molar-refractivity contribution in [3.05, 3.63) is 0 Å². The first-order valence-corrected chi connectivity index (χ1v) is 7.53. The highest BCUT2D eigenvalue weighted by molar-refractivity contribution is 4.67. The summed E-state index contributed by atoms with van der Waals surface area (Å²) in [6.45, 7) is 3.33. The van der Waals surface area contributed by atoms with Gasteiger partial charge in [-0.2, -0.15) is 0 Å². The Kier molecular flexibility index (Phi) is 7.92. The van der Waals surface area contributed by atoms with Crippen molar-refractivity contribution in [3.63, 3.8) is 0 Å². The van der Waals surface area contributed by atoms with E-state index in [9.17, 15) is 0 Å². The Hall–Kier alpha value is -0.0400. The molecule has 0 saturated heterocycles. The lowest BCUT2D eigenvalue weighted by molar-refractivity contribution is 0.331. The van der Waals surface area contributed by atoms with Crippen LogP contribution >= 0.6 is 0 Å². The summed E-state index contributed by atoms with van der Waals surface area (Å²) >= 11 is 0. The molecule has 1 aliphatic carbocycles. The molecule has 2 unspecified atom stereocenters. The van der Waals surface area contributed by atoms with E-state index in [1.165, 1.54) is 70.6 Å². The highest BCUT2D eigenvalue weighted by Gasteiger charge is 2.14. The Balaban J connectivity index is 2.19. The minimum atomic E-state index is 0.876. The Morgan fingerprint density at radius 3 is 2.44 bits per heavy atom. The van der Waals surface area contributed by atoms with Crippen molar-refractivity contribution in [2.24, 2.45) is 17.6 Å². The molecule has 1 nitrogen and oxygen atoms in total. The molecular weight excluding hydrogens is 194 g/mol. The molecule has 0 heterocycles. The minimum Gasteiger partial charge on any atom is -0.330 e. The fraction of sp³-hybridized carbons (Fsp3) is 1.00. The molecule has 0 aromatic rings. The molecule has 1 rings (SSSR count). The largest absolute Gasteiger partial charge is 0.330 e. The topological polar surface area (TPSA) is 26.0 Å². The SMILES string of the molecule is CC1CCCCCCC(CCCCCN)C1. The number of nitrogens with two attached hydrogens (primary N) is 1. The third-order valence-electron chi connectivity index (χ3n) is 4.11. The number of hydrogen-bond acceptors (Lipinski definition) is 1. The molecule has 16 heavy (non-hydrogen) atoms. The molecule has 1 saturated carbocycles. The molecule has 2 atom stereocenters. The molecular formula is C15H31N. The average molecular weight is 225 g/mol. The molecule has 0 aliphatic heterocycles. The molecule has 1 heteroatoms. The maximum atomic E-state index is 5.54. The Morgan fingerprint density at radius 1 is 0.938 bits per heavy atom. The van der Waals surface area contributed by atoms with Crippen LogP contribution in [0.1, 0.15) is 77.6 Å². The first-order chi connectivity index (χ1) is 7.83. The Morgan fingerprint density at radius 2 is 1.69 bits per heavy atom. The molecule has 0 aromatic carbocycles. The third-order valence-corrected chi connectivity index (χ3v) is 4.11. The average Bonchev–Trinajstić information content (AvgIpc) is 2.37. The van der Waals surface area contributed by atoms with Gasteiger partial charge in [-0.1, -0.05) is 64.7 Å². The smallest absolute Gasteiger partial charge is 0.00773 e. The van der Waals surface area contributed by atoms with Gasteiger partial charge in [-0.3, -0.25) is 0 Å². The predicted octanol–water partition coefficient (Wildman–Crippen LogP) is 4.50. The van der Waals surface area contributed by atoms with Crippen LogP contribution in [0, 0.1) is 11.8 Å². The molecule has 0 amide bonds. The van der Waals surface area contributed by atoms with Crippen LogP contribution < -0.4 is 5.73 Å². The second-order valence-electron chi connectivity index (χ2n) is 5.84. The first kappa shape index (κ1) is 14.0. The zero-order valence-corrected chi connectivity index (χ0v) is 11.2. The normalized spacial score (nSPS) is 28.1. The summed E-state index contributed by atoms with van der Waals surface area (Å²) in [5, 5.41) is 0. The number of hydrogen-bond donors (Lipinski definition) is 1. The first-order valence-electron chi connectivity index (χ1n) is 7.53. The van der Waals surface area contributed by atoms with Crippen LogP contribution in [0.2, 0.25) is 0 Å². The second-order valence-corrected chi connectivity index (χ2v) is 5.84. The molecule has 0 bridgehead atoms. The van der Waals surface area contributed by atoms with Gasteiger partial charge in [0.05, 0.1) is 0 Å². The van der Waals surface area contributed by atoms with E-state index in [-0.39, 0.29) is 0 Å². The summed E-state index contributed by atoms with van der Waals surface area (Å²) < 4.78 is 0. The monoisotopic (exact) mass is 225 g/mol. The molecule has 2 N–H and O–H groups in total. The highest BCUT2D eigenvalue weighted by atomic mass is 14.5. The van der Waals surface area contributed by atoms with E-state index in [4.69, 9.17) is 5.73 Å². The fourth-order valence-electron chi connectivity index (χ4n) is 3.10. The predicted molar refractivity (Wildman–Crippen MR) is 72.5 cm³/mol. The van der Waals surface area contributed by atoms with Crippen LogP contribution in [0.3, 0.4) is 0 Å². The lowest BCUT2D eigenvalue weighted by Crippen LogP contribution is -2.07. The molecule has 0 spiro atoms. The van der Waals surface area contributed by atoms with Crippen molar-refractivity contribution in [3.8, 4) is 0 Å². The molecule has 96 valence electrons. The molecule has 1 fully saturated rings. The van der Waals surface area contributed by atoms with E-state index in [1.54, 1.807) is 0 Å². The summed E-state index contributed by atoms with van der Waals surface area (Å²) in [7, 11) is 0. The van der Waals surface area contributed by atoms with Crippen LogP contribution in [-0.4, -0.2) is 6.54 Å². The van der Waals surface area contributed by atoms with Gasteiger partial charge in [0.15, 0.2) is 0 Å². The van der Waals surface area contributed by atoms with Crippen LogP contribution in [0.5, 0.6) is 0 Å². The maximum absolute atomic E-state index is 5.54. The molecule has 0 radical (unpaired) electrons. The van der Waals surface area contributed by atoms with E-state index in [2.05, 4.69) is 6.92 Å². The van der Waals surface area contributed by atoms with Crippen LogP contribution in [0.15, 0.2) is 0 Å². The van der Waals surface area contributed by atoms with Crippen LogP contribution in [-0.2, 0) is 0 Å². The van der Waals surface area contributed by atoms with Crippen molar-refractivity contribution >= 4 is 0 Å². The van der Waals surface area contributed by atoms with E-state index in [0.717, 1.165) is 18.4 Å². The fourth-order valence-corrected chi connectivity index (χ4v) is 3.10. The van der Waals surface area contributed by atoms with E-state index in [0.29, 0.717) is 0 Å². The number of unbranched alkanes of at least 4 members (excludes halogenated alkanes) is 2. The zero-order valence-electron chi connectivity index (χ0n) is 11.2. The third kappa shape index (κ3) is 6.52. The summed E-state index contributed by atoms with van der Waals surface area (Å²) in [4.78, 5) is 0. The van der Waals surface area contributed by atoms with Gasteiger partial charge in [-0.25, -0.2) is 0 Å². The van der Waals surface area contributed by atoms with Gasteiger partial charge in [-0.15, -0.1) is 0 Å². The lowest BCUT2D eigenvalue weighted by Gasteiger charge is -2.19. The van der Waals surface area contributed by atoms with Crippen molar-refractivity contribution in [1.29, 1.82) is 0 Å². The van der Waals surface area contributed by atoms with Crippen molar-refractivity contribution < 1.29 is 0 Å². The van der Waals surface area contributed by atoms with Crippen molar-refractivity contribution in [2.75, 3.05) is 6.54 Å². The van der Waals surface area contributed by atoms with Gasteiger partial charge in [0.1, 0.15) is 0 Å². The maximum Gasteiger partial charge on any atom is -0.00773 e. The van der Waals surface area contributed by atoms with E-state index in [1.807, 2.05) is 0 Å². The second kappa shape index (κ2) is 9.04. The van der Waals surface area contributed by atoms with Gasteiger partial charge in [0, 0.05) is 0 Å². The summed E-state index contributed by atoms with van der Waals surface area (Å²) in [5.74, 6) is 1.99. The van der Waals surface area contributed by atoms with Gasteiger partial charge < -0.3 is 5.73 Å². The molecule has 0 aromatic heterocycles. The van der Waals surface area contributed by atoms with E-state index < -0.39 is 0 Å². The van der Waals surface area contributed by atoms with Crippen molar-refractivity contribution in [2.45, 2.75) is 77.6 Å². The summed E-state index contributed by atoms with van der Waals surface area (Å²) in [5.41, 5.74) is 5.54. The van der Waals surface area contributed by atoms with Gasteiger partial charge >= 0.3 is 0 Å². The van der Waals surface area contributed by atoms with Crippen molar-refractivity contribution in [1.82, 2.24) is 0 Å². The van der Waals surface area contributed by atoms with Gasteiger partial charge in [0.25, 0.3) is 0 Å². The highest BCUT2D eigenvalue weighted by Crippen LogP contribution is 2.29. The van der Waals surface area contributed by atoms with E-state index >= 15 is 0 Å². The standard InChI is InChI=1S/C15H31N/c1-14-9-5-2-3-6-10-15(13-14)11-7-4-8-12-16/h14-15H,2-13,16H2,1H3. The minimum absolute atomic E-state index is 0.876. The van der Waals surface area contributed by atoms with Crippen LogP contribution in [0.4, 0.5) is 0 Å². The number of rotatable bonds is 5. The quantitative estimate of drug-likeness (QED) is 0.685. The Labute approximate surface area is 102 Å². The van der Waals surface area contributed by atoms with Gasteiger partial charge in [-0.05, 0) is 31.2 Å². The van der Waals surface area contributed by atoms with Gasteiger partial charge in [0.2, 0.25) is 0 Å². The Bertz CT molecular complexity index is 156. The van der Waals surface area contributed by atoms with Crippen LogP contribution in [0.25, 0.3) is 0 Å². The summed E-state index contributed by atoms with van der Waals surface area (Å²) in [6, 6.07) is 0. The molecule has 1 aliphatic rings.